The van der Waals surface area contributed by atoms with E-state index in [0.717, 1.165) is 5.39 Å². The van der Waals surface area contributed by atoms with Crippen LogP contribution in [0.5, 0.6) is 0 Å². The summed E-state index contributed by atoms with van der Waals surface area (Å²) in [6.07, 6.45) is 0. The van der Waals surface area contributed by atoms with E-state index in [1.807, 2.05) is 0 Å². The van der Waals surface area contributed by atoms with E-state index < -0.39 is 0 Å². The molecule has 0 aliphatic carbocycles. The molecule has 0 amide bonds. The Kier molecular flexibility index (Phi) is 4.54. The molecule has 2 heteroatoms. The summed E-state index contributed by atoms with van der Waals surface area (Å²) in [5.41, 5.74) is 5.03. The Labute approximate surface area is 194 Å². The number of hydrogen-bond donors (Lipinski definition) is 0. The monoisotopic (exact) mass is 445 g/mol. The van der Waals surface area contributed by atoms with Crippen LogP contribution in [0, 0.1) is 6.07 Å². The molecule has 1 aromatic heterocycles. The number of aromatic nitrogens is 1. The number of nitrogens with zero attached hydrogens (tertiary/aromatic N) is 1. The van der Waals surface area contributed by atoms with Gasteiger partial charge in [-0.3, -0.25) is 0 Å². The molecule has 0 fully saturated rings. The third-order valence-electron chi connectivity index (χ3n) is 5.88. The van der Waals surface area contributed by atoms with Crippen LogP contribution in [0.2, 0.25) is 0 Å². The maximum atomic E-state index is 3.47. The van der Waals surface area contributed by atoms with E-state index in [1.165, 1.54) is 49.1 Å². The van der Waals surface area contributed by atoms with Gasteiger partial charge in [0, 0.05) is 45.3 Å². The number of fused-ring (bicyclic) bond motifs is 6. The van der Waals surface area contributed by atoms with Crippen LogP contribution in [0.3, 0.4) is 0 Å². The number of benzene rings is 5. The molecule has 29 heavy (non-hydrogen) atoms. The Morgan fingerprint density at radius 1 is 0.655 bits per heavy atom. The van der Waals surface area contributed by atoms with Crippen LogP contribution in [0.1, 0.15) is 0 Å². The van der Waals surface area contributed by atoms with Gasteiger partial charge in [-0.2, -0.15) is 0 Å². The molecule has 5 aromatic carbocycles. The van der Waals surface area contributed by atoms with Crippen molar-refractivity contribution in [3.8, 4) is 11.1 Å². The van der Waals surface area contributed by atoms with E-state index in [0.29, 0.717) is 0 Å². The van der Waals surface area contributed by atoms with Gasteiger partial charge >= 0.3 is 0 Å². The number of rotatable bonds is 1. The molecule has 6 aromatic rings. The normalized spacial score (nSPS) is 11.3. The fraction of sp³-hybridized carbons (Fsp3) is 0.0370. The summed E-state index contributed by atoms with van der Waals surface area (Å²) in [5.74, 6) is 0. The van der Waals surface area contributed by atoms with Crippen LogP contribution >= 0.6 is 0 Å². The van der Waals surface area contributed by atoms with Gasteiger partial charge in [0.2, 0.25) is 0 Å². The van der Waals surface area contributed by atoms with Gasteiger partial charge in [0.1, 0.15) is 0 Å². The van der Waals surface area contributed by atoms with Crippen LogP contribution in [0.25, 0.3) is 54.5 Å². The third kappa shape index (κ3) is 2.84. The molecule has 1 radical (unpaired) electrons. The van der Waals surface area contributed by atoms with Crippen molar-refractivity contribution in [2.75, 3.05) is 0 Å². The van der Waals surface area contributed by atoms with Crippen LogP contribution in [0.4, 0.5) is 0 Å². The van der Waals surface area contributed by atoms with Crippen molar-refractivity contribution in [1.82, 2.24) is 4.57 Å². The van der Waals surface area contributed by atoms with Gasteiger partial charge in [-0.15, -0.1) is 29.7 Å². The standard InChI is InChI=1S/C27H18N.Y/c1-28-26-15-13-22(21-11-10-18-6-2-3-8-20(18)16-21)17-25(26)24-14-12-19-7-4-5-9-23(19)27(24)28;/h2-11,13-17H,1H3;/q-1;. The van der Waals surface area contributed by atoms with Crippen molar-refractivity contribution in [3.05, 3.63) is 97.1 Å². The molecule has 0 bridgehead atoms. The topological polar surface area (TPSA) is 4.93 Å². The molecule has 6 rings (SSSR count). The van der Waals surface area contributed by atoms with Gasteiger partial charge < -0.3 is 4.57 Å². The average Bonchev–Trinajstić information content (AvgIpc) is 3.05. The van der Waals surface area contributed by atoms with Gasteiger partial charge in [-0.05, 0) is 44.9 Å². The first-order valence-corrected chi connectivity index (χ1v) is 9.60. The van der Waals surface area contributed by atoms with Crippen molar-refractivity contribution < 1.29 is 32.7 Å². The number of hydrogen-bond acceptors (Lipinski definition) is 0. The largest absolute Gasteiger partial charge is 0.361 e. The minimum atomic E-state index is 0. The Morgan fingerprint density at radius 3 is 2.28 bits per heavy atom. The Hall–Kier alpha value is -2.48. The first-order valence-electron chi connectivity index (χ1n) is 9.60. The molecule has 0 aliphatic rings. The molecular formula is C27H18NY-. The molecule has 0 unspecified atom stereocenters. The van der Waals surface area contributed by atoms with Gasteiger partial charge in [-0.25, -0.2) is 0 Å². The minimum Gasteiger partial charge on any atom is -0.361 e. The van der Waals surface area contributed by atoms with Crippen molar-refractivity contribution in [1.29, 1.82) is 0 Å². The summed E-state index contributed by atoms with van der Waals surface area (Å²) in [4.78, 5) is 0. The molecule has 0 spiro atoms. The molecule has 0 saturated heterocycles. The second-order valence-corrected chi connectivity index (χ2v) is 7.45. The summed E-state index contributed by atoms with van der Waals surface area (Å²) >= 11 is 0. The number of aryl methyl sites for hydroxylation is 1. The molecule has 0 aliphatic heterocycles. The minimum absolute atomic E-state index is 0. The molecule has 0 atom stereocenters. The predicted octanol–water partition coefficient (Wildman–Crippen LogP) is 7.10. The molecule has 1 heterocycles. The Balaban J connectivity index is 0.00000181. The second-order valence-electron chi connectivity index (χ2n) is 7.45. The summed E-state index contributed by atoms with van der Waals surface area (Å²) in [6, 6.07) is 36.1. The molecule has 0 N–H and O–H groups in total. The van der Waals surface area contributed by atoms with E-state index in [2.05, 4.69) is 109 Å². The molecule has 135 valence electrons. The van der Waals surface area contributed by atoms with Gasteiger partial charge in [0.25, 0.3) is 0 Å². The maximum absolute atomic E-state index is 3.47. The first kappa shape index (κ1) is 18.5. The zero-order valence-electron chi connectivity index (χ0n) is 16.2. The molecule has 1 nitrogen and oxygen atoms in total. The predicted molar refractivity (Wildman–Crippen MR) is 120 cm³/mol. The van der Waals surface area contributed by atoms with Crippen LogP contribution in [-0.2, 0) is 39.8 Å². The van der Waals surface area contributed by atoms with E-state index in [-0.39, 0.29) is 32.7 Å². The van der Waals surface area contributed by atoms with Crippen molar-refractivity contribution in [2.45, 2.75) is 0 Å². The van der Waals surface area contributed by atoms with E-state index in [4.69, 9.17) is 0 Å². The Bertz CT molecular complexity index is 1520. The zero-order chi connectivity index (χ0) is 18.7. The van der Waals surface area contributed by atoms with Crippen molar-refractivity contribution in [3.63, 3.8) is 0 Å². The zero-order valence-corrected chi connectivity index (χ0v) is 19.0. The first-order chi connectivity index (χ1) is 13.8. The van der Waals surface area contributed by atoms with Crippen LogP contribution in [0.15, 0.2) is 91.0 Å². The smallest absolute Gasteiger partial charge is 0.0381 e. The summed E-state index contributed by atoms with van der Waals surface area (Å²) in [6.45, 7) is 0. The average molecular weight is 445 g/mol. The fourth-order valence-electron chi connectivity index (χ4n) is 4.46. The quantitative estimate of drug-likeness (QED) is 0.238. The maximum Gasteiger partial charge on any atom is 0.0381 e. The van der Waals surface area contributed by atoms with Gasteiger partial charge in [-0.1, -0.05) is 71.4 Å². The van der Waals surface area contributed by atoms with Crippen LogP contribution in [-0.4, -0.2) is 4.57 Å². The van der Waals surface area contributed by atoms with Gasteiger partial charge in [0.05, 0.1) is 0 Å². The van der Waals surface area contributed by atoms with E-state index >= 15 is 0 Å². The Morgan fingerprint density at radius 2 is 1.38 bits per heavy atom. The fourth-order valence-corrected chi connectivity index (χ4v) is 4.46. The SMILES string of the molecule is Cn1c2ccc(-c3ccc4ccccc4c3)cc2c2c[c-]c3ccccc3c21.[Y]. The van der Waals surface area contributed by atoms with Gasteiger partial charge in [0.15, 0.2) is 0 Å². The van der Waals surface area contributed by atoms with E-state index in [9.17, 15) is 0 Å². The summed E-state index contributed by atoms with van der Waals surface area (Å²) in [7, 11) is 2.16. The summed E-state index contributed by atoms with van der Waals surface area (Å²) in [5, 5.41) is 7.52. The second kappa shape index (κ2) is 7.09. The van der Waals surface area contributed by atoms with Crippen molar-refractivity contribution in [2.24, 2.45) is 7.05 Å². The summed E-state index contributed by atoms with van der Waals surface area (Å²) < 4.78 is 2.31. The third-order valence-corrected chi connectivity index (χ3v) is 5.88. The molecule has 0 saturated carbocycles. The molecular weight excluding hydrogens is 427 g/mol. The van der Waals surface area contributed by atoms with Crippen LogP contribution < -0.4 is 0 Å². The van der Waals surface area contributed by atoms with E-state index in [1.54, 1.807) is 0 Å². The van der Waals surface area contributed by atoms with Crippen molar-refractivity contribution >= 4 is 43.4 Å².